The van der Waals surface area contributed by atoms with E-state index in [0.29, 0.717) is 11.7 Å². The van der Waals surface area contributed by atoms with E-state index in [9.17, 15) is 0 Å². The van der Waals surface area contributed by atoms with Gasteiger partial charge < -0.3 is 10.3 Å². The third-order valence-electron chi connectivity index (χ3n) is 3.09. The summed E-state index contributed by atoms with van der Waals surface area (Å²) in [5, 5.41) is 8.04. The molecule has 2 N–H and O–H groups in total. The first-order chi connectivity index (χ1) is 8.26. The van der Waals surface area contributed by atoms with Gasteiger partial charge in [-0.05, 0) is 47.7 Å². The number of thiophene rings is 1. The van der Waals surface area contributed by atoms with Crippen LogP contribution in [0.25, 0.3) is 12.2 Å². The normalized spacial score (nSPS) is 17.4. The molecule has 18 heavy (non-hydrogen) atoms. The molecule has 4 nitrogen and oxygen atoms in total. The van der Waals surface area contributed by atoms with Gasteiger partial charge in [-0.3, -0.25) is 0 Å². The van der Waals surface area contributed by atoms with Crippen LogP contribution < -0.4 is 5.73 Å². The van der Waals surface area contributed by atoms with E-state index in [1.54, 1.807) is 11.3 Å². The predicted molar refractivity (Wildman–Crippen MR) is 74.5 cm³/mol. The Balaban J connectivity index is 0.00000120. The Hall–Kier alpha value is -1.17. The van der Waals surface area contributed by atoms with Crippen molar-refractivity contribution in [1.29, 1.82) is 0 Å². The summed E-state index contributed by atoms with van der Waals surface area (Å²) in [6.07, 6.45) is 6.81. The number of aromatic nitrogens is 2. The first-order valence-corrected chi connectivity index (χ1v) is 6.54. The molecule has 0 saturated heterocycles. The maximum absolute atomic E-state index is 6.12. The second kappa shape index (κ2) is 5.22. The van der Waals surface area contributed by atoms with Gasteiger partial charge in [-0.2, -0.15) is 16.3 Å². The van der Waals surface area contributed by atoms with Crippen molar-refractivity contribution in [2.45, 2.75) is 24.8 Å². The molecular weight excluding hydrogens is 270 g/mol. The van der Waals surface area contributed by atoms with Crippen molar-refractivity contribution in [3.8, 4) is 0 Å². The molecule has 1 aliphatic rings. The highest BCUT2D eigenvalue weighted by Gasteiger charge is 2.38. The minimum atomic E-state index is -0.349. The van der Waals surface area contributed by atoms with E-state index < -0.39 is 0 Å². The first kappa shape index (κ1) is 13.3. The molecular formula is C12H14ClN3OS. The zero-order valence-electron chi connectivity index (χ0n) is 9.70. The maximum atomic E-state index is 6.12. The van der Waals surface area contributed by atoms with Crippen LogP contribution >= 0.6 is 23.7 Å². The van der Waals surface area contributed by atoms with E-state index in [1.807, 2.05) is 23.6 Å². The van der Waals surface area contributed by atoms with Gasteiger partial charge >= 0.3 is 0 Å². The summed E-state index contributed by atoms with van der Waals surface area (Å²) in [5.41, 5.74) is 6.91. The highest BCUT2D eigenvalue weighted by Crippen LogP contribution is 2.36. The average molecular weight is 284 g/mol. The molecule has 0 spiro atoms. The number of nitrogens with two attached hydrogens (primary N) is 1. The van der Waals surface area contributed by atoms with Crippen LogP contribution in [0.3, 0.4) is 0 Å². The van der Waals surface area contributed by atoms with Gasteiger partial charge in [0.15, 0.2) is 5.82 Å². The zero-order valence-corrected chi connectivity index (χ0v) is 11.3. The molecule has 96 valence electrons. The Morgan fingerprint density at radius 1 is 1.39 bits per heavy atom. The van der Waals surface area contributed by atoms with Crippen LogP contribution in [0.1, 0.15) is 36.5 Å². The molecule has 2 aromatic heterocycles. The van der Waals surface area contributed by atoms with E-state index in [0.717, 1.165) is 24.8 Å². The van der Waals surface area contributed by atoms with Crippen molar-refractivity contribution in [2.75, 3.05) is 0 Å². The van der Waals surface area contributed by atoms with Crippen LogP contribution in [-0.4, -0.2) is 10.1 Å². The fraction of sp³-hybridized carbons (Fsp3) is 0.333. The maximum Gasteiger partial charge on any atom is 0.250 e. The van der Waals surface area contributed by atoms with E-state index in [-0.39, 0.29) is 17.9 Å². The minimum absolute atomic E-state index is 0. The van der Waals surface area contributed by atoms with E-state index in [2.05, 4.69) is 15.5 Å². The number of nitrogens with zero attached hydrogens (tertiary/aromatic N) is 2. The van der Waals surface area contributed by atoms with Gasteiger partial charge in [0.2, 0.25) is 0 Å². The smallest absolute Gasteiger partial charge is 0.250 e. The van der Waals surface area contributed by atoms with Gasteiger partial charge in [-0.1, -0.05) is 5.16 Å². The first-order valence-electron chi connectivity index (χ1n) is 5.60. The molecule has 3 rings (SSSR count). The van der Waals surface area contributed by atoms with Crippen LogP contribution in [-0.2, 0) is 5.54 Å². The largest absolute Gasteiger partial charge is 0.335 e. The van der Waals surface area contributed by atoms with Gasteiger partial charge in [0.25, 0.3) is 5.89 Å². The highest BCUT2D eigenvalue weighted by molar-refractivity contribution is 7.08. The molecule has 2 aromatic rings. The van der Waals surface area contributed by atoms with Crippen LogP contribution in [0.4, 0.5) is 0 Å². The third-order valence-corrected chi connectivity index (χ3v) is 3.80. The lowest BCUT2D eigenvalue weighted by molar-refractivity contribution is 0.229. The van der Waals surface area contributed by atoms with Gasteiger partial charge in [0.1, 0.15) is 0 Å². The molecule has 6 heteroatoms. The lowest BCUT2D eigenvalue weighted by Gasteiger charge is -2.34. The van der Waals surface area contributed by atoms with Crippen molar-refractivity contribution >= 4 is 35.9 Å². The monoisotopic (exact) mass is 283 g/mol. The quantitative estimate of drug-likeness (QED) is 0.940. The Morgan fingerprint density at radius 3 is 2.83 bits per heavy atom. The van der Waals surface area contributed by atoms with Crippen LogP contribution in [0.5, 0.6) is 0 Å². The number of hydrogen-bond acceptors (Lipinski definition) is 5. The predicted octanol–water partition coefficient (Wildman–Crippen LogP) is 3.06. The number of hydrogen-bond donors (Lipinski definition) is 1. The summed E-state index contributed by atoms with van der Waals surface area (Å²) in [7, 11) is 0. The van der Waals surface area contributed by atoms with Gasteiger partial charge in [0, 0.05) is 6.08 Å². The lowest BCUT2D eigenvalue weighted by atomic mass is 9.77. The Morgan fingerprint density at radius 2 is 2.22 bits per heavy atom. The SMILES string of the molecule is Cl.NC1(c2noc(/C=C/c3ccsc3)n2)CCC1. The molecule has 0 aromatic carbocycles. The number of rotatable bonds is 3. The number of halogens is 1. The Bertz CT molecular complexity index is 531. The van der Waals surface area contributed by atoms with Crippen molar-refractivity contribution in [3.05, 3.63) is 34.1 Å². The Labute approximate surface area is 115 Å². The summed E-state index contributed by atoms with van der Waals surface area (Å²) in [5.74, 6) is 1.15. The summed E-state index contributed by atoms with van der Waals surface area (Å²) in [6, 6.07) is 2.04. The van der Waals surface area contributed by atoms with Crippen molar-refractivity contribution < 1.29 is 4.52 Å². The zero-order chi connectivity index (χ0) is 11.7. The molecule has 0 amide bonds. The fourth-order valence-corrected chi connectivity index (χ4v) is 2.45. The summed E-state index contributed by atoms with van der Waals surface area (Å²) >= 11 is 1.66. The van der Waals surface area contributed by atoms with E-state index in [1.165, 1.54) is 0 Å². The van der Waals surface area contributed by atoms with Gasteiger partial charge in [-0.25, -0.2) is 0 Å². The molecule has 0 radical (unpaired) electrons. The lowest BCUT2D eigenvalue weighted by Crippen LogP contribution is -2.44. The minimum Gasteiger partial charge on any atom is -0.335 e. The molecule has 0 bridgehead atoms. The van der Waals surface area contributed by atoms with Crippen LogP contribution in [0, 0.1) is 0 Å². The second-order valence-electron chi connectivity index (χ2n) is 4.36. The molecule has 2 heterocycles. The van der Waals surface area contributed by atoms with Gasteiger partial charge in [0.05, 0.1) is 5.54 Å². The van der Waals surface area contributed by atoms with E-state index >= 15 is 0 Å². The summed E-state index contributed by atoms with van der Waals surface area (Å²) < 4.78 is 5.16. The van der Waals surface area contributed by atoms with Crippen molar-refractivity contribution in [1.82, 2.24) is 10.1 Å². The third kappa shape index (κ3) is 2.48. The summed E-state index contributed by atoms with van der Waals surface area (Å²) in [6.45, 7) is 0. The highest BCUT2D eigenvalue weighted by atomic mass is 35.5. The second-order valence-corrected chi connectivity index (χ2v) is 5.14. The standard InChI is InChI=1S/C12H13N3OS.ClH/c13-12(5-1-6-12)11-14-10(16-15-11)3-2-9-4-7-17-8-9;/h2-4,7-8H,1,5-6,13H2;1H/b3-2+;. The molecule has 0 aliphatic heterocycles. The van der Waals surface area contributed by atoms with Crippen LogP contribution in [0.2, 0.25) is 0 Å². The Kier molecular flexibility index (Phi) is 3.85. The van der Waals surface area contributed by atoms with E-state index in [4.69, 9.17) is 10.3 Å². The molecule has 0 unspecified atom stereocenters. The molecule has 0 atom stereocenters. The topological polar surface area (TPSA) is 64.9 Å². The molecule has 1 fully saturated rings. The van der Waals surface area contributed by atoms with Crippen molar-refractivity contribution in [3.63, 3.8) is 0 Å². The molecule has 1 saturated carbocycles. The van der Waals surface area contributed by atoms with Gasteiger partial charge in [-0.15, -0.1) is 12.4 Å². The summed E-state index contributed by atoms with van der Waals surface area (Å²) in [4.78, 5) is 4.32. The molecule has 1 aliphatic carbocycles. The fourth-order valence-electron chi connectivity index (χ4n) is 1.82. The van der Waals surface area contributed by atoms with Crippen LogP contribution in [0.15, 0.2) is 21.3 Å². The van der Waals surface area contributed by atoms with Crippen molar-refractivity contribution in [2.24, 2.45) is 5.73 Å². The average Bonchev–Trinajstić information content (AvgIpc) is 2.94.